The van der Waals surface area contributed by atoms with E-state index in [-0.39, 0.29) is 23.6 Å². The molecule has 0 aliphatic carbocycles. The number of unbranched alkanes of at least 4 members (excludes halogenated alkanes) is 1. The fraction of sp³-hybridized carbons (Fsp3) is 0.923. The molecule has 1 amide bonds. The van der Waals surface area contributed by atoms with Gasteiger partial charge in [-0.05, 0) is 81.6 Å². The van der Waals surface area contributed by atoms with Gasteiger partial charge in [0.1, 0.15) is 5.60 Å². The highest BCUT2D eigenvalue weighted by molar-refractivity contribution is 5.67. The number of amides is 1. The summed E-state index contributed by atoms with van der Waals surface area (Å²) < 4.78 is 20.9. The monoisotopic (exact) mass is 476 g/mol. The maximum absolute atomic E-state index is 10.7. The fourth-order valence-electron chi connectivity index (χ4n) is 1.80. The van der Waals surface area contributed by atoms with Crippen molar-refractivity contribution >= 4 is 6.09 Å². The number of ether oxygens (including phenoxy) is 4. The lowest BCUT2D eigenvalue weighted by molar-refractivity contribution is -0.139. The molecule has 0 aliphatic rings. The zero-order valence-electron chi connectivity index (χ0n) is 23.9. The molecule has 200 valence electrons. The Hall–Kier alpha value is -1.36. The van der Waals surface area contributed by atoms with Gasteiger partial charge in [0.2, 0.25) is 0 Å². The highest BCUT2D eigenvalue weighted by Crippen LogP contribution is 2.06. The smallest absolute Gasteiger partial charge is 0.407 e. The van der Waals surface area contributed by atoms with Crippen LogP contribution >= 0.6 is 0 Å². The molecule has 0 aliphatic heterocycles. The Morgan fingerprint density at radius 2 is 1.36 bits per heavy atom. The topological polar surface area (TPSA) is 89.8 Å². The Morgan fingerprint density at radius 3 is 1.58 bits per heavy atom. The van der Waals surface area contributed by atoms with Crippen LogP contribution in [0.3, 0.4) is 0 Å². The van der Waals surface area contributed by atoms with Crippen molar-refractivity contribution in [3.63, 3.8) is 0 Å². The number of hydrogen-bond acceptors (Lipinski definition) is 6. The van der Waals surface area contributed by atoms with E-state index >= 15 is 0 Å². The molecule has 1 N–H and O–H groups in total. The molecule has 0 spiro atoms. The summed E-state index contributed by atoms with van der Waals surface area (Å²) in [6.45, 7) is 26.8. The quantitative estimate of drug-likeness (QED) is 0.334. The minimum Gasteiger partial charge on any atom is -0.444 e. The summed E-state index contributed by atoms with van der Waals surface area (Å²) in [4.78, 5) is 10.7. The highest BCUT2D eigenvalue weighted by atomic mass is 16.7. The summed E-state index contributed by atoms with van der Waals surface area (Å²) in [5.74, 6) is 0. The van der Waals surface area contributed by atoms with Crippen LogP contribution in [-0.2, 0) is 18.9 Å². The minimum absolute atomic E-state index is 0.0278. The van der Waals surface area contributed by atoms with Crippen molar-refractivity contribution in [3.8, 4) is 6.07 Å². The van der Waals surface area contributed by atoms with Gasteiger partial charge in [0, 0.05) is 32.8 Å². The van der Waals surface area contributed by atoms with Crippen molar-refractivity contribution in [2.75, 3.05) is 26.4 Å². The van der Waals surface area contributed by atoms with Crippen molar-refractivity contribution in [1.82, 2.24) is 5.32 Å². The third kappa shape index (κ3) is 49.0. The van der Waals surface area contributed by atoms with Gasteiger partial charge >= 0.3 is 6.09 Å². The van der Waals surface area contributed by atoms with Gasteiger partial charge in [-0.2, -0.15) is 5.26 Å². The van der Waals surface area contributed by atoms with E-state index in [0.29, 0.717) is 13.0 Å². The molecular formula is C26H56N2O5. The number of carbonyl (C=O) groups is 1. The lowest BCUT2D eigenvalue weighted by atomic mass is 10.2. The zero-order chi connectivity index (χ0) is 26.8. The van der Waals surface area contributed by atoms with Crippen LogP contribution in [0.25, 0.3) is 0 Å². The molecule has 0 aromatic heterocycles. The Bertz CT molecular complexity index is 423. The number of alkyl carbamates (subject to hydrolysis) is 1. The fourth-order valence-corrected chi connectivity index (χ4v) is 1.80. The molecule has 7 heteroatoms. The largest absolute Gasteiger partial charge is 0.444 e. The molecule has 0 fully saturated rings. The predicted molar refractivity (Wildman–Crippen MR) is 138 cm³/mol. The molecule has 0 bridgehead atoms. The normalized spacial score (nSPS) is 10.4. The third-order valence-electron chi connectivity index (χ3n) is 3.05. The molecule has 0 radical (unpaired) electrons. The SMILES string of the molecule is CCCC#N.CCCC(OCC)OCC.CCCOC(C)(C)C.CCNC(=O)OC(C)(C)C. The van der Waals surface area contributed by atoms with Crippen LogP contribution in [0.4, 0.5) is 4.79 Å². The summed E-state index contributed by atoms with van der Waals surface area (Å²) in [5, 5.41) is 10.4. The summed E-state index contributed by atoms with van der Waals surface area (Å²) in [7, 11) is 0. The molecular weight excluding hydrogens is 420 g/mol. The van der Waals surface area contributed by atoms with Crippen molar-refractivity contribution in [2.24, 2.45) is 0 Å². The van der Waals surface area contributed by atoms with E-state index in [0.717, 1.165) is 45.5 Å². The number of hydrogen-bond donors (Lipinski definition) is 1. The first-order valence-electron chi connectivity index (χ1n) is 12.5. The van der Waals surface area contributed by atoms with Crippen molar-refractivity contribution in [1.29, 1.82) is 5.26 Å². The van der Waals surface area contributed by atoms with Crippen LogP contribution < -0.4 is 5.32 Å². The standard InChI is InChI=1S/C8H18O2.C7H15NO2.C7H16O.C4H7N/c1-4-7-8(9-5-2)10-6-3;1-5-8-6(9)10-7(2,3)4;1-5-6-8-7(2,3)4;1-2-3-4-5/h8H,4-7H2,1-3H3;5H2,1-4H3,(H,8,9);5-6H2,1-4H3;2-3H2,1H3. The summed E-state index contributed by atoms with van der Waals surface area (Å²) in [6, 6.07) is 2.02. The second kappa shape index (κ2) is 26.9. The van der Waals surface area contributed by atoms with Gasteiger partial charge in [-0.15, -0.1) is 0 Å². The first-order valence-corrected chi connectivity index (χ1v) is 12.5. The van der Waals surface area contributed by atoms with E-state index < -0.39 is 0 Å². The third-order valence-corrected chi connectivity index (χ3v) is 3.05. The zero-order valence-corrected chi connectivity index (χ0v) is 23.9. The molecule has 0 aromatic carbocycles. The van der Waals surface area contributed by atoms with E-state index in [9.17, 15) is 4.79 Å². The lowest BCUT2D eigenvalue weighted by Gasteiger charge is -2.19. The van der Waals surface area contributed by atoms with E-state index in [1.165, 1.54) is 0 Å². The van der Waals surface area contributed by atoms with E-state index in [1.54, 1.807) is 0 Å². The highest BCUT2D eigenvalue weighted by Gasteiger charge is 2.14. The molecule has 33 heavy (non-hydrogen) atoms. The average Bonchev–Trinajstić information content (AvgIpc) is 2.67. The maximum Gasteiger partial charge on any atom is 0.407 e. The van der Waals surface area contributed by atoms with E-state index in [4.69, 9.17) is 24.2 Å². The average molecular weight is 477 g/mol. The Kier molecular flexibility index (Phi) is 31.7. The Balaban J connectivity index is -0.000000175. The summed E-state index contributed by atoms with van der Waals surface area (Å²) in [5.41, 5.74) is -0.338. The van der Waals surface area contributed by atoms with Gasteiger partial charge in [0.05, 0.1) is 11.7 Å². The molecule has 7 nitrogen and oxygen atoms in total. The number of nitrogens with zero attached hydrogens (tertiary/aromatic N) is 1. The van der Waals surface area contributed by atoms with Gasteiger partial charge in [-0.1, -0.05) is 27.2 Å². The second-order valence-electron chi connectivity index (χ2n) is 9.03. The predicted octanol–water partition coefficient (Wildman–Crippen LogP) is 7.24. The number of rotatable bonds is 10. The van der Waals surface area contributed by atoms with Crippen LogP contribution in [0.15, 0.2) is 0 Å². The van der Waals surface area contributed by atoms with Crippen molar-refractivity contribution in [2.45, 2.75) is 133 Å². The van der Waals surface area contributed by atoms with E-state index in [2.05, 4.69) is 39.9 Å². The molecule has 0 unspecified atom stereocenters. The van der Waals surface area contributed by atoms with Gasteiger partial charge < -0.3 is 24.3 Å². The number of nitriles is 1. The molecule has 0 rings (SSSR count). The molecule has 0 aromatic rings. The lowest BCUT2D eigenvalue weighted by Crippen LogP contribution is -2.32. The maximum atomic E-state index is 10.7. The van der Waals surface area contributed by atoms with Crippen molar-refractivity contribution < 1.29 is 23.7 Å². The Morgan fingerprint density at radius 1 is 0.848 bits per heavy atom. The first kappa shape index (κ1) is 38.9. The van der Waals surface area contributed by atoms with Crippen LogP contribution in [0, 0.1) is 11.3 Å². The van der Waals surface area contributed by atoms with Gasteiger partial charge in [-0.25, -0.2) is 4.79 Å². The molecule has 0 saturated carbocycles. The minimum atomic E-state index is -0.390. The second-order valence-corrected chi connectivity index (χ2v) is 9.03. The first-order chi connectivity index (χ1) is 15.3. The van der Waals surface area contributed by atoms with Gasteiger partial charge in [0.25, 0.3) is 0 Å². The number of carbonyl (C=O) groups excluding carboxylic acids is 1. The molecule has 0 saturated heterocycles. The van der Waals surface area contributed by atoms with Crippen molar-refractivity contribution in [3.05, 3.63) is 0 Å². The van der Waals surface area contributed by atoms with Crippen LogP contribution in [0.1, 0.15) is 115 Å². The van der Waals surface area contributed by atoms with Crippen LogP contribution in [0.2, 0.25) is 0 Å². The molecule has 0 heterocycles. The Labute approximate surface area is 205 Å². The van der Waals surface area contributed by atoms with Crippen LogP contribution in [-0.4, -0.2) is 50.0 Å². The van der Waals surface area contributed by atoms with Crippen LogP contribution in [0.5, 0.6) is 0 Å². The summed E-state index contributed by atoms with van der Waals surface area (Å²) in [6.07, 6.45) is 4.58. The van der Waals surface area contributed by atoms with Gasteiger partial charge in [-0.3, -0.25) is 0 Å². The molecule has 0 atom stereocenters. The summed E-state index contributed by atoms with van der Waals surface area (Å²) >= 11 is 0. The van der Waals surface area contributed by atoms with Gasteiger partial charge in [0.15, 0.2) is 6.29 Å². The van der Waals surface area contributed by atoms with E-state index in [1.807, 2.05) is 54.5 Å². The number of nitrogens with one attached hydrogen (secondary N) is 1.